The second-order valence-electron chi connectivity index (χ2n) is 10.4. The van der Waals surface area contributed by atoms with Crippen LogP contribution in [-0.4, -0.2) is 52.6 Å². The molecule has 3 N–H and O–H groups in total. The quantitative estimate of drug-likeness (QED) is 0.575. The van der Waals surface area contributed by atoms with Crippen LogP contribution in [0.3, 0.4) is 0 Å². The number of carbonyl (C=O) groups is 2. The second kappa shape index (κ2) is 10.4. The zero-order valence-corrected chi connectivity index (χ0v) is 21.3. The van der Waals surface area contributed by atoms with Crippen LogP contribution in [0.1, 0.15) is 52.2 Å². The number of benzene rings is 1. The number of aryl methyl sites for hydroxylation is 1. The molecule has 1 fully saturated rings. The molecule has 0 saturated carbocycles. The molecular weight excluding hydrogens is 434 g/mol. The molecule has 3 atom stereocenters. The Morgan fingerprint density at radius 3 is 2.39 bits per heavy atom. The first-order valence-electron chi connectivity index (χ1n) is 11.6. The van der Waals surface area contributed by atoms with Gasteiger partial charge in [0.1, 0.15) is 6.04 Å². The second-order valence-corrected chi connectivity index (χ2v) is 11.3. The average molecular weight is 472 g/mol. The van der Waals surface area contributed by atoms with Crippen molar-refractivity contribution in [3.05, 3.63) is 46.8 Å². The molecule has 1 aromatic carbocycles. The van der Waals surface area contributed by atoms with E-state index in [0.717, 1.165) is 5.56 Å². The number of amides is 2. The number of rotatable bonds is 7. The Morgan fingerprint density at radius 2 is 1.85 bits per heavy atom. The minimum atomic E-state index is -0.697. The largest absolute Gasteiger partial charge is 0.391 e. The Balaban J connectivity index is 1.66. The van der Waals surface area contributed by atoms with E-state index in [4.69, 9.17) is 0 Å². The maximum atomic E-state index is 13.4. The molecule has 2 aromatic rings. The summed E-state index contributed by atoms with van der Waals surface area (Å²) >= 11 is 1.72. The number of likely N-dealkylation sites (tertiary alicyclic amines) is 1. The maximum absolute atomic E-state index is 13.4. The van der Waals surface area contributed by atoms with E-state index in [1.54, 1.807) is 16.2 Å². The van der Waals surface area contributed by atoms with Crippen molar-refractivity contribution in [3.63, 3.8) is 0 Å². The average Bonchev–Trinajstić information content (AvgIpc) is 3.35. The Hall–Kier alpha value is -2.22. The summed E-state index contributed by atoms with van der Waals surface area (Å²) in [6, 6.07) is 9.30. The molecule has 3 rings (SSSR count). The van der Waals surface area contributed by atoms with E-state index in [-0.39, 0.29) is 36.2 Å². The van der Waals surface area contributed by atoms with Gasteiger partial charge in [0.05, 0.1) is 12.1 Å². The lowest BCUT2D eigenvalue weighted by molar-refractivity contribution is -0.142. The maximum Gasteiger partial charge on any atom is 0.243 e. The van der Waals surface area contributed by atoms with Gasteiger partial charge < -0.3 is 20.6 Å². The number of hydrogen-bond acceptors (Lipinski definition) is 5. The first-order chi connectivity index (χ1) is 15.5. The van der Waals surface area contributed by atoms with Crippen LogP contribution in [0.2, 0.25) is 0 Å². The van der Waals surface area contributed by atoms with E-state index in [2.05, 4.69) is 41.1 Å². The third-order valence-electron chi connectivity index (χ3n) is 6.02. The summed E-state index contributed by atoms with van der Waals surface area (Å²) in [6.07, 6.45) is -0.440. The number of aliphatic hydroxyl groups excluding tert-OH is 1. The van der Waals surface area contributed by atoms with Gasteiger partial charge in [-0.15, -0.1) is 11.3 Å². The number of aliphatic hydroxyl groups is 1. The van der Waals surface area contributed by atoms with Gasteiger partial charge in [-0.25, -0.2) is 0 Å². The summed E-state index contributed by atoms with van der Waals surface area (Å²) in [4.78, 5) is 29.3. The Morgan fingerprint density at radius 1 is 1.18 bits per heavy atom. The van der Waals surface area contributed by atoms with Crippen LogP contribution in [0.25, 0.3) is 10.4 Å². The van der Waals surface area contributed by atoms with E-state index in [1.807, 2.05) is 46.8 Å². The smallest absolute Gasteiger partial charge is 0.243 e. The van der Waals surface area contributed by atoms with Crippen LogP contribution in [0.4, 0.5) is 0 Å². The molecule has 180 valence electrons. The van der Waals surface area contributed by atoms with Crippen molar-refractivity contribution in [2.45, 2.75) is 78.7 Å². The number of carbonyl (C=O) groups excluding carboxylic acids is 2. The summed E-state index contributed by atoms with van der Waals surface area (Å²) in [5, 5.41) is 18.7. The Kier molecular flexibility index (Phi) is 7.98. The van der Waals surface area contributed by atoms with Crippen LogP contribution in [0.15, 0.2) is 35.7 Å². The standard InChI is InChI=1S/C26H37N3O3S/c1-16(2)28-23(26(4,5)6)25(32)29-15-20(30)13-21(29)24(31)27-14-18-7-9-19(10-8-18)22-17(3)11-12-33-22/h7-12,16,20-21,23,28,30H,13-15H2,1-6H3,(H,27,31)/t20-,21+,23-/m1/s1. The Labute approximate surface area is 201 Å². The summed E-state index contributed by atoms with van der Waals surface area (Å²) in [5.41, 5.74) is 3.09. The third-order valence-corrected chi connectivity index (χ3v) is 7.09. The van der Waals surface area contributed by atoms with E-state index < -0.39 is 18.2 Å². The van der Waals surface area contributed by atoms with Gasteiger partial charge in [-0.1, -0.05) is 58.9 Å². The van der Waals surface area contributed by atoms with Crippen LogP contribution in [-0.2, 0) is 16.1 Å². The van der Waals surface area contributed by atoms with Gasteiger partial charge in [-0.3, -0.25) is 9.59 Å². The van der Waals surface area contributed by atoms with Crippen molar-refractivity contribution in [1.82, 2.24) is 15.5 Å². The first-order valence-corrected chi connectivity index (χ1v) is 12.5. The van der Waals surface area contributed by atoms with Crippen molar-refractivity contribution in [3.8, 4) is 10.4 Å². The predicted octanol–water partition coefficient (Wildman–Crippen LogP) is 3.71. The highest BCUT2D eigenvalue weighted by molar-refractivity contribution is 7.13. The Bertz CT molecular complexity index is 962. The van der Waals surface area contributed by atoms with Gasteiger partial charge in [-0.05, 0) is 40.5 Å². The van der Waals surface area contributed by atoms with E-state index in [1.165, 1.54) is 16.0 Å². The van der Waals surface area contributed by atoms with Gasteiger partial charge in [0.15, 0.2) is 0 Å². The van der Waals surface area contributed by atoms with Crippen molar-refractivity contribution in [2.24, 2.45) is 5.41 Å². The molecule has 0 aliphatic carbocycles. The number of nitrogens with zero attached hydrogens (tertiary/aromatic N) is 1. The fourth-order valence-corrected chi connectivity index (χ4v) is 5.18. The molecule has 0 spiro atoms. The minimum absolute atomic E-state index is 0.124. The number of hydrogen-bond donors (Lipinski definition) is 3. The molecule has 0 bridgehead atoms. The molecule has 2 amide bonds. The summed E-state index contributed by atoms with van der Waals surface area (Å²) < 4.78 is 0. The molecule has 0 unspecified atom stereocenters. The zero-order chi connectivity index (χ0) is 24.3. The number of β-amino-alcohol motifs (C(OH)–C–C–N with tert-alkyl or cyclic N) is 1. The molecular formula is C26H37N3O3S. The lowest BCUT2D eigenvalue weighted by Crippen LogP contribution is -2.57. The summed E-state index contributed by atoms with van der Waals surface area (Å²) in [5.74, 6) is -0.362. The molecule has 1 aromatic heterocycles. The van der Waals surface area contributed by atoms with Crippen LogP contribution in [0.5, 0.6) is 0 Å². The molecule has 33 heavy (non-hydrogen) atoms. The van der Waals surface area contributed by atoms with Crippen LogP contribution in [0, 0.1) is 12.3 Å². The van der Waals surface area contributed by atoms with Crippen molar-refractivity contribution < 1.29 is 14.7 Å². The zero-order valence-electron chi connectivity index (χ0n) is 20.5. The predicted molar refractivity (Wildman–Crippen MR) is 134 cm³/mol. The topological polar surface area (TPSA) is 81.7 Å². The fraction of sp³-hybridized carbons (Fsp3) is 0.538. The number of thiophene rings is 1. The van der Waals surface area contributed by atoms with E-state index in [9.17, 15) is 14.7 Å². The van der Waals surface area contributed by atoms with Gasteiger partial charge in [0, 0.05) is 30.4 Å². The van der Waals surface area contributed by atoms with Gasteiger partial charge in [0.25, 0.3) is 0 Å². The first kappa shape index (κ1) is 25.4. The highest BCUT2D eigenvalue weighted by Crippen LogP contribution is 2.29. The highest BCUT2D eigenvalue weighted by Gasteiger charge is 2.43. The summed E-state index contributed by atoms with van der Waals surface area (Å²) in [6.45, 7) is 12.7. The van der Waals surface area contributed by atoms with Crippen molar-refractivity contribution >= 4 is 23.2 Å². The van der Waals surface area contributed by atoms with Crippen molar-refractivity contribution in [2.75, 3.05) is 6.54 Å². The third kappa shape index (κ3) is 6.22. The lowest BCUT2D eigenvalue weighted by atomic mass is 9.85. The van der Waals surface area contributed by atoms with Gasteiger partial charge in [-0.2, -0.15) is 0 Å². The highest BCUT2D eigenvalue weighted by atomic mass is 32.1. The van der Waals surface area contributed by atoms with Crippen LogP contribution >= 0.6 is 11.3 Å². The van der Waals surface area contributed by atoms with E-state index in [0.29, 0.717) is 6.54 Å². The van der Waals surface area contributed by atoms with Crippen LogP contribution < -0.4 is 10.6 Å². The molecule has 1 saturated heterocycles. The lowest BCUT2D eigenvalue weighted by Gasteiger charge is -2.36. The molecule has 1 aliphatic rings. The molecule has 1 aliphatic heterocycles. The molecule has 7 heteroatoms. The van der Waals surface area contributed by atoms with Gasteiger partial charge >= 0.3 is 0 Å². The fourth-order valence-electron chi connectivity index (χ4n) is 4.25. The van der Waals surface area contributed by atoms with Crippen molar-refractivity contribution in [1.29, 1.82) is 0 Å². The minimum Gasteiger partial charge on any atom is -0.391 e. The SMILES string of the molecule is Cc1ccsc1-c1ccc(CNC(=O)[C@@H]2C[C@@H](O)CN2C(=O)[C@@H](NC(C)C)C(C)(C)C)cc1. The normalized spacial score (nSPS) is 19.7. The monoisotopic (exact) mass is 471 g/mol. The van der Waals surface area contributed by atoms with Gasteiger partial charge in [0.2, 0.25) is 11.8 Å². The molecule has 2 heterocycles. The molecule has 0 radical (unpaired) electrons. The van der Waals surface area contributed by atoms with E-state index >= 15 is 0 Å². The summed E-state index contributed by atoms with van der Waals surface area (Å²) in [7, 11) is 0. The molecule has 6 nitrogen and oxygen atoms in total. The number of nitrogens with one attached hydrogen (secondary N) is 2.